The van der Waals surface area contributed by atoms with Crippen LogP contribution < -0.4 is 16.1 Å². The molecule has 1 aliphatic rings. The number of thiazole rings is 1. The molecule has 57 heavy (non-hydrogen) atoms. The van der Waals surface area contributed by atoms with Gasteiger partial charge in [0.05, 0.1) is 10.3 Å². The fourth-order valence-electron chi connectivity index (χ4n) is 7.28. The van der Waals surface area contributed by atoms with Crippen LogP contribution in [-0.4, -0.2) is 85.6 Å². The van der Waals surface area contributed by atoms with E-state index in [1.165, 1.54) is 30.4 Å². The van der Waals surface area contributed by atoms with E-state index in [-0.39, 0.29) is 42.0 Å². The number of hydrogen-bond acceptors (Lipinski definition) is 10. The summed E-state index contributed by atoms with van der Waals surface area (Å²) in [6.45, 7) is 17.7. The van der Waals surface area contributed by atoms with Crippen molar-refractivity contribution in [1.29, 1.82) is 0 Å². The van der Waals surface area contributed by atoms with E-state index in [0.29, 0.717) is 30.8 Å². The van der Waals surface area contributed by atoms with Gasteiger partial charge in [0.1, 0.15) is 21.3 Å². The number of carbonyl (C=O) groups excluding carboxylic acids is 3. The Morgan fingerprint density at radius 2 is 1.79 bits per heavy atom. The Balaban J connectivity index is 1.94. The molecule has 1 fully saturated rings. The average molecular weight is 816 g/mol. The van der Waals surface area contributed by atoms with Gasteiger partial charge in [-0.05, 0) is 69.1 Å². The van der Waals surface area contributed by atoms with Crippen LogP contribution in [0.4, 0.5) is 0 Å². The van der Waals surface area contributed by atoms with Crippen molar-refractivity contribution in [3.63, 3.8) is 0 Å². The molecule has 14 nitrogen and oxygen atoms in total. The molecule has 1 saturated heterocycles. The highest BCUT2D eigenvalue weighted by Crippen LogP contribution is 2.32. The Bertz CT molecular complexity index is 1640. The maximum absolute atomic E-state index is 14.8. The lowest BCUT2D eigenvalue weighted by Gasteiger charge is -2.38. The number of ether oxygens (including phenoxy) is 1. The first-order chi connectivity index (χ1) is 26.8. The second-order valence-electron chi connectivity index (χ2n) is 16.8. The minimum Gasteiger partial charge on any atom is -0.508 e. The van der Waals surface area contributed by atoms with Gasteiger partial charge >= 0.3 is 11.9 Å². The van der Waals surface area contributed by atoms with E-state index in [4.69, 9.17) is 4.74 Å². The Morgan fingerprint density at radius 3 is 2.35 bits per heavy atom. The molecule has 1 aromatic carbocycles. The number of phenolic OH excluding ortho intramolecular Hbond substituents is 1. The van der Waals surface area contributed by atoms with E-state index in [1.54, 1.807) is 31.4 Å². The molecule has 1 aromatic heterocycles. The topological polar surface area (TPSA) is 190 Å². The molecule has 5 N–H and O–H groups in total. The number of hydrogen-bond donors (Lipinski definition) is 5. The first-order valence-corrected chi connectivity index (χ1v) is 21.4. The summed E-state index contributed by atoms with van der Waals surface area (Å²) < 4.78 is 5.89. The number of aliphatic carboxylic acids is 1. The van der Waals surface area contributed by atoms with Crippen LogP contribution >= 0.6 is 11.3 Å². The molecular formula is C42H67N6O8S+. The molecule has 0 saturated carbocycles. The minimum absolute atomic E-state index is 0.0749. The van der Waals surface area contributed by atoms with E-state index in [0.717, 1.165) is 49.1 Å². The Labute approximate surface area is 342 Å². The number of carboxylic acid groups (broad SMARTS) is 1. The zero-order valence-electron chi connectivity index (χ0n) is 35.4. The maximum atomic E-state index is 14.8. The standard InChI is InChI=1S/C42H66N6O8S/c1-10-12-13-14-22-47(39(52)36(28(5)11-2)46-48(55)42(9)20-15-21-43-42)34(27(3)4)24-35(56-29(6)49)38-45-33(26-57-38)37(51)44-31(25-41(7,8)40(53)54)23-30-16-18-32(50)19-17-30/h16-19,26-28,31,34-36,43H,10-15,20-25H2,1-9H3,(H3-,44,46,50,51,53,54,55)/p+1/t28-,31-,34+,35+,36-,42-/m0/s1. The average Bonchev–Trinajstić information content (AvgIpc) is 3.83. The smallest absolute Gasteiger partial charge is 0.309 e. The van der Waals surface area contributed by atoms with E-state index in [9.17, 15) is 34.3 Å². The first-order valence-electron chi connectivity index (χ1n) is 20.6. The number of nitrogens with one attached hydrogen (secondary N) is 3. The van der Waals surface area contributed by atoms with E-state index in [1.807, 2.05) is 39.5 Å². The number of nitroso groups, excluding NO2 is 1. The van der Waals surface area contributed by atoms with Gasteiger partial charge in [0.15, 0.2) is 12.1 Å². The van der Waals surface area contributed by atoms with Gasteiger partial charge in [0.25, 0.3) is 17.5 Å². The van der Waals surface area contributed by atoms with Crippen LogP contribution in [0, 0.1) is 22.2 Å². The molecule has 3 rings (SSSR count). The molecule has 0 radical (unpaired) electrons. The van der Waals surface area contributed by atoms with Gasteiger partial charge in [0, 0.05) is 57.2 Å². The molecule has 0 unspecified atom stereocenters. The monoisotopic (exact) mass is 815 g/mol. The highest BCUT2D eigenvalue weighted by Gasteiger charge is 2.47. The molecule has 318 valence electrons. The Kier molecular flexibility index (Phi) is 17.9. The van der Waals surface area contributed by atoms with Crippen molar-refractivity contribution < 1.29 is 39.0 Å². The number of hydrazine groups is 1. The summed E-state index contributed by atoms with van der Waals surface area (Å²) in [7, 11) is 0. The third-order valence-electron chi connectivity index (χ3n) is 11.1. The summed E-state index contributed by atoms with van der Waals surface area (Å²) in [4.78, 5) is 74.0. The fraction of sp³-hybridized carbons (Fsp3) is 0.690. The van der Waals surface area contributed by atoms with Crippen LogP contribution in [0.5, 0.6) is 5.75 Å². The van der Waals surface area contributed by atoms with E-state index < -0.39 is 53.2 Å². The van der Waals surface area contributed by atoms with Crippen LogP contribution in [0.25, 0.3) is 0 Å². The van der Waals surface area contributed by atoms with Crippen molar-refractivity contribution in [2.24, 2.45) is 17.3 Å². The summed E-state index contributed by atoms with van der Waals surface area (Å²) in [5, 5.41) is 27.8. The van der Waals surface area contributed by atoms with Gasteiger partial charge in [0.2, 0.25) is 0 Å². The van der Waals surface area contributed by atoms with Crippen LogP contribution in [0.3, 0.4) is 0 Å². The lowest BCUT2D eigenvalue weighted by molar-refractivity contribution is -0.683. The zero-order valence-corrected chi connectivity index (χ0v) is 36.2. The largest absolute Gasteiger partial charge is 0.508 e. The molecule has 1 aliphatic heterocycles. The number of esters is 1. The lowest BCUT2D eigenvalue weighted by atomic mass is 9.84. The van der Waals surface area contributed by atoms with Crippen LogP contribution in [0.15, 0.2) is 29.6 Å². The molecular weight excluding hydrogens is 749 g/mol. The Hall–Kier alpha value is -4.11. The first kappa shape index (κ1) is 47.3. The predicted molar refractivity (Wildman–Crippen MR) is 220 cm³/mol. The summed E-state index contributed by atoms with van der Waals surface area (Å²) >= 11 is 1.17. The molecule has 0 aliphatic carbocycles. The number of carbonyl (C=O) groups is 4. The molecule has 2 aromatic rings. The van der Waals surface area contributed by atoms with Gasteiger partial charge in [-0.3, -0.25) is 24.5 Å². The predicted octanol–water partition coefficient (Wildman–Crippen LogP) is 6.92. The van der Waals surface area contributed by atoms with Crippen LogP contribution in [0.1, 0.15) is 147 Å². The molecule has 2 heterocycles. The van der Waals surface area contributed by atoms with E-state index in [2.05, 4.69) is 28.0 Å². The molecule has 0 spiro atoms. The normalized spacial score (nSPS) is 18.3. The number of nitrogens with zero attached hydrogens (tertiary/aromatic N) is 3. The summed E-state index contributed by atoms with van der Waals surface area (Å²) in [5.74, 6) is -2.37. The SMILES string of the molecule is CCCCCCN(C(=O)[C@@H](N[N+](=O)[C@@]1(C)CCCN1)[C@@H](C)CC)[C@H](C[C@@H](OC(C)=O)c1nc(C(=O)N[C@@H](Cc2ccc(O)cc2)CC(C)(C)C(=O)O)cs1)C(C)C. The number of phenols is 1. The number of aromatic hydroxyl groups is 1. The number of unbranched alkanes of at least 4 members (excludes halogenated alkanes) is 3. The molecule has 15 heteroatoms. The van der Waals surface area contributed by atoms with Gasteiger partial charge in [-0.25, -0.2) is 4.98 Å². The maximum Gasteiger partial charge on any atom is 0.309 e. The second kappa shape index (κ2) is 21.6. The van der Waals surface area contributed by atoms with E-state index >= 15 is 0 Å². The number of carboxylic acids is 1. The number of aromatic nitrogens is 1. The van der Waals surface area contributed by atoms with Crippen LogP contribution in [0.2, 0.25) is 0 Å². The zero-order chi connectivity index (χ0) is 42.5. The van der Waals surface area contributed by atoms with Crippen molar-refractivity contribution in [1.82, 2.24) is 25.9 Å². The van der Waals surface area contributed by atoms with Crippen molar-refractivity contribution in [2.45, 2.75) is 156 Å². The van der Waals surface area contributed by atoms with Crippen molar-refractivity contribution in [3.05, 3.63) is 50.8 Å². The quantitative estimate of drug-likeness (QED) is 0.0320. The third-order valence-corrected chi connectivity index (χ3v) is 12.1. The second-order valence-corrected chi connectivity index (χ2v) is 17.7. The van der Waals surface area contributed by atoms with Gasteiger partial charge in [-0.2, -0.15) is 0 Å². The number of benzene rings is 1. The number of rotatable bonds is 24. The van der Waals surface area contributed by atoms with Crippen molar-refractivity contribution in [2.75, 3.05) is 13.1 Å². The lowest BCUT2D eigenvalue weighted by Crippen LogP contribution is -2.61. The van der Waals surface area contributed by atoms with Crippen molar-refractivity contribution >= 4 is 35.1 Å². The van der Waals surface area contributed by atoms with Gasteiger partial charge in [-0.1, -0.05) is 72.4 Å². The molecule has 0 bridgehead atoms. The third kappa shape index (κ3) is 13.8. The molecule has 2 amide bonds. The summed E-state index contributed by atoms with van der Waals surface area (Å²) in [5.41, 5.74) is 1.98. The highest BCUT2D eigenvalue weighted by molar-refractivity contribution is 7.09. The minimum atomic E-state index is -1.14. The highest BCUT2D eigenvalue weighted by atomic mass is 32.1. The molecule has 6 atom stereocenters. The Morgan fingerprint density at radius 1 is 1.11 bits per heavy atom. The summed E-state index contributed by atoms with van der Waals surface area (Å²) in [6.07, 6.45) is 5.71. The van der Waals surface area contributed by atoms with Crippen molar-refractivity contribution in [3.8, 4) is 5.75 Å². The van der Waals surface area contributed by atoms with Gasteiger partial charge < -0.3 is 25.2 Å². The van der Waals surface area contributed by atoms with Gasteiger partial charge in [-0.15, -0.1) is 16.8 Å². The number of amides is 2. The fourth-order valence-corrected chi connectivity index (χ4v) is 8.12. The summed E-state index contributed by atoms with van der Waals surface area (Å²) in [6, 6.07) is 4.74. The van der Waals surface area contributed by atoms with Crippen LogP contribution in [-0.2, 0) is 25.5 Å².